The average molecular weight is 631 g/mol. The van der Waals surface area contributed by atoms with Gasteiger partial charge in [0.1, 0.15) is 24.7 Å². The van der Waals surface area contributed by atoms with Crippen LogP contribution in [0.1, 0.15) is 130 Å². The molecule has 0 aliphatic rings. The standard InChI is InChI=1S/C30H45O5P.2C2H5.Mn/c1-27(2,3)21-13-19(14-22(25(21)31)28(4,5)6)17-34-36(33)35-18-20-15-23(29(7,8)9)26(32)24(16-20)30(10,11)12;2*1-2;/h13-16H,17-18H2,1-12H3,(H-,31,32);2*1H2,2H3;/q;2*-1;+2/p+1. The van der Waals surface area contributed by atoms with Gasteiger partial charge in [0.25, 0.3) is 0 Å². The molecule has 2 N–H and O–H groups in total. The largest absolute Gasteiger partial charge is 2.00 e. The fourth-order valence-corrected chi connectivity index (χ4v) is 4.72. The van der Waals surface area contributed by atoms with Crippen molar-refractivity contribution in [1.82, 2.24) is 0 Å². The molecule has 0 aliphatic carbocycles. The van der Waals surface area contributed by atoms with E-state index in [2.05, 4.69) is 96.9 Å². The molecule has 0 atom stereocenters. The van der Waals surface area contributed by atoms with E-state index in [-0.39, 0.29) is 51.9 Å². The molecule has 233 valence electrons. The Bertz CT molecular complexity index is 956. The molecule has 2 aromatic carbocycles. The Balaban J connectivity index is 0. The minimum atomic E-state index is -2.37. The normalized spacial score (nSPS) is 11.9. The van der Waals surface area contributed by atoms with Gasteiger partial charge >= 0.3 is 25.3 Å². The average Bonchev–Trinajstić information content (AvgIpc) is 2.82. The van der Waals surface area contributed by atoms with E-state index in [4.69, 9.17) is 9.05 Å². The third-order valence-corrected chi connectivity index (χ3v) is 6.92. The van der Waals surface area contributed by atoms with Crippen molar-refractivity contribution in [3.8, 4) is 11.5 Å². The van der Waals surface area contributed by atoms with E-state index in [9.17, 15) is 14.8 Å². The molecule has 0 fully saturated rings. The van der Waals surface area contributed by atoms with Crippen molar-refractivity contribution < 1.29 is 40.9 Å². The molecule has 0 aromatic heterocycles. The second-order valence-corrected chi connectivity index (χ2v) is 14.8. The first-order valence-electron chi connectivity index (χ1n) is 14.0. The van der Waals surface area contributed by atoms with Crippen LogP contribution in [-0.4, -0.2) is 10.2 Å². The molecule has 41 heavy (non-hydrogen) atoms. The van der Waals surface area contributed by atoms with Gasteiger partial charge < -0.3 is 24.1 Å². The van der Waals surface area contributed by atoms with E-state index in [1.807, 2.05) is 24.3 Å². The number of hydrogen-bond acceptors (Lipinski definition) is 5. The van der Waals surface area contributed by atoms with E-state index in [1.54, 1.807) is 13.8 Å². The summed E-state index contributed by atoms with van der Waals surface area (Å²) in [6, 6.07) is 7.66. The number of rotatable bonds is 6. The van der Waals surface area contributed by atoms with Gasteiger partial charge in [-0.05, 0) is 79.3 Å². The zero-order valence-electron chi connectivity index (χ0n) is 28.1. The predicted octanol–water partition coefficient (Wildman–Crippen LogP) is 10.4. The molecule has 0 spiro atoms. The van der Waals surface area contributed by atoms with E-state index in [0.717, 1.165) is 33.4 Å². The maximum atomic E-state index is 12.7. The number of benzene rings is 2. The summed E-state index contributed by atoms with van der Waals surface area (Å²) in [5, 5.41) is 21.8. The van der Waals surface area contributed by atoms with Crippen LogP contribution in [-0.2, 0) is 65.6 Å². The SMILES string of the molecule is CC(C)(C)c1cc(CO[P+](=O)OCc2cc(C(C)(C)C)c(O)c(C(C)(C)C)c2)cc(C(C)(C)C)c1O.[CH2-]C.[CH2-]C.[Mn+2]. The Morgan fingerprint density at radius 1 is 0.561 bits per heavy atom. The molecule has 0 heterocycles. The van der Waals surface area contributed by atoms with Crippen LogP contribution in [0.5, 0.6) is 11.5 Å². The van der Waals surface area contributed by atoms with Crippen molar-refractivity contribution >= 4 is 8.25 Å². The fourth-order valence-electron chi connectivity index (χ4n) is 4.13. The third kappa shape index (κ3) is 12.4. The molecular formula is C34H56MnO5P+. The van der Waals surface area contributed by atoms with Crippen LogP contribution in [0.15, 0.2) is 24.3 Å². The van der Waals surface area contributed by atoms with Crippen LogP contribution in [0.3, 0.4) is 0 Å². The monoisotopic (exact) mass is 630 g/mol. The molecule has 0 unspecified atom stereocenters. The van der Waals surface area contributed by atoms with Crippen LogP contribution < -0.4 is 0 Å². The first-order chi connectivity index (χ1) is 18.1. The second-order valence-electron chi connectivity index (χ2n) is 13.8. The topological polar surface area (TPSA) is 76.0 Å². The maximum absolute atomic E-state index is 12.7. The summed E-state index contributed by atoms with van der Waals surface area (Å²) in [5.74, 6) is 0.604. The second kappa shape index (κ2) is 16.4. The fraction of sp³-hybridized carbons (Fsp3) is 0.588. The van der Waals surface area contributed by atoms with Crippen LogP contribution in [0.4, 0.5) is 0 Å². The van der Waals surface area contributed by atoms with Gasteiger partial charge in [0, 0.05) is 4.57 Å². The summed E-state index contributed by atoms with van der Waals surface area (Å²) >= 11 is 0. The van der Waals surface area contributed by atoms with Crippen LogP contribution in [0, 0.1) is 13.8 Å². The maximum Gasteiger partial charge on any atom is 2.00 e. The van der Waals surface area contributed by atoms with Crippen LogP contribution in [0.2, 0.25) is 0 Å². The number of phenolic OH excluding ortho intramolecular Hbond substituents is 2. The smallest absolute Gasteiger partial charge is 0.507 e. The molecule has 0 bridgehead atoms. The number of hydrogen-bond donors (Lipinski definition) is 2. The van der Waals surface area contributed by atoms with Crippen molar-refractivity contribution in [2.45, 2.75) is 132 Å². The predicted molar refractivity (Wildman–Crippen MR) is 170 cm³/mol. The van der Waals surface area contributed by atoms with Gasteiger partial charge in [0.05, 0.1) is 0 Å². The summed E-state index contributed by atoms with van der Waals surface area (Å²) < 4.78 is 23.9. The van der Waals surface area contributed by atoms with E-state index < -0.39 is 8.25 Å². The van der Waals surface area contributed by atoms with Gasteiger partial charge in [0.2, 0.25) is 0 Å². The van der Waals surface area contributed by atoms with E-state index in [1.165, 1.54) is 0 Å². The minimum Gasteiger partial charge on any atom is -0.507 e. The van der Waals surface area contributed by atoms with Gasteiger partial charge in [-0.15, -0.1) is 9.05 Å². The Kier molecular flexibility index (Phi) is 16.7. The molecule has 1 radical (unpaired) electrons. The Labute approximate surface area is 263 Å². The molecule has 2 rings (SSSR count). The number of phenols is 2. The van der Waals surface area contributed by atoms with Gasteiger partial charge in [0.15, 0.2) is 0 Å². The molecule has 0 saturated carbocycles. The molecule has 0 aliphatic heterocycles. The minimum absolute atomic E-state index is 0. The van der Waals surface area contributed by atoms with Gasteiger partial charge in [-0.1, -0.05) is 83.1 Å². The van der Waals surface area contributed by atoms with Crippen molar-refractivity contribution in [1.29, 1.82) is 0 Å². The molecule has 0 saturated heterocycles. The van der Waals surface area contributed by atoms with Crippen LogP contribution >= 0.6 is 8.25 Å². The van der Waals surface area contributed by atoms with Crippen molar-refractivity contribution in [3.05, 3.63) is 71.5 Å². The molecule has 0 amide bonds. The first-order valence-corrected chi connectivity index (χ1v) is 15.1. The van der Waals surface area contributed by atoms with E-state index >= 15 is 0 Å². The number of aromatic hydroxyl groups is 2. The molecule has 2 aromatic rings. The quantitative estimate of drug-likeness (QED) is 0.189. The van der Waals surface area contributed by atoms with Crippen molar-refractivity contribution in [2.75, 3.05) is 0 Å². The van der Waals surface area contributed by atoms with Crippen molar-refractivity contribution in [2.24, 2.45) is 0 Å². The summed E-state index contributed by atoms with van der Waals surface area (Å²) in [5.41, 5.74) is 3.97. The van der Waals surface area contributed by atoms with Gasteiger partial charge in [-0.3, -0.25) is 0 Å². The Morgan fingerprint density at radius 2 is 0.756 bits per heavy atom. The summed E-state index contributed by atoms with van der Waals surface area (Å²) in [7, 11) is -2.37. The summed E-state index contributed by atoms with van der Waals surface area (Å²) in [6.07, 6.45) is 0. The first kappa shape index (κ1) is 41.7. The van der Waals surface area contributed by atoms with Crippen molar-refractivity contribution in [3.63, 3.8) is 0 Å². The van der Waals surface area contributed by atoms with Gasteiger partial charge in [-0.2, -0.15) is 13.8 Å². The van der Waals surface area contributed by atoms with Crippen LogP contribution in [0.25, 0.3) is 0 Å². The molecule has 5 nitrogen and oxygen atoms in total. The zero-order chi connectivity index (χ0) is 31.9. The summed E-state index contributed by atoms with van der Waals surface area (Å²) in [4.78, 5) is 0. The zero-order valence-corrected chi connectivity index (χ0v) is 30.2. The Morgan fingerprint density at radius 3 is 0.927 bits per heavy atom. The third-order valence-electron chi connectivity index (χ3n) is 6.24. The van der Waals surface area contributed by atoms with Gasteiger partial charge in [-0.25, -0.2) is 0 Å². The summed E-state index contributed by atoms with van der Waals surface area (Å²) in [6.45, 7) is 34.9. The molecule has 7 heteroatoms. The van der Waals surface area contributed by atoms with E-state index in [0.29, 0.717) is 11.5 Å². The molecular weight excluding hydrogens is 574 g/mol. The Hall–Kier alpha value is -1.42.